The van der Waals surface area contributed by atoms with Crippen molar-refractivity contribution in [3.63, 3.8) is 0 Å². The molecule has 0 bridgehead atoms. The number of rotatable bonds is 1. The summed E-state index contributed by atoms with van der Waals surface area (Å²) >= 11 is 0. The van der Waals surface area contributed by atoms with Crippen LogP contribution in [0.4, 0.5) is 0 Å². The van der Waals surface area contributed by atoms with Gasteiger partial charge in [0.05, 0.1) is 0 Å². The van der Waals surface area contributed by atoms with E-state index in [1.807, 2.05) is 0 Å². The van der Waals surface area contributed by atoms with E-state index in [0.29, 0.717) is 30.0 Å². The fourth-order valence-electron chi connectivity index (χ4n) is 6.90. The average molecular weight is 330 g/mol. The van der Waals surface area contributed by atoms with Crippen LogP contribution in [0.1, 0.15) is 72.1 Å². The van der Waals surface area contributed by atoms with Crippen LogP contribution < -0.4 is 0 Å². The maximum Gasteiger partial charge on any atom is 0.161 e. The Balaban J connectivity index is 1.72. The predicted molar refractivity (Wildman–Crippen MR) is 92.3 cm³/mol. The van der Waals surface area contributed by atoms with E-state index in [2.05, 4.69) is 19.9 Å². The summed E-state index contributed by atoms with van der Waals surface area (Å²) in [6, 6.07) is 0. The number of allylic oxidation sites excluding steroid dienone is 2. The molecule has 0 saturated heterocycles. The third-order valence-electron chi connectivity index (χ3n) is 8.63. The van der Waals surface area contributed by atoms with E-state index in [1.54, 1.807) is 6.92 Å². The third kappa shape index (κ3) is 1.88. The maximum absolute atomic E-state index is 12.2. The lowest BCUT2D eigenvalue weighted by molar-refractivity contribution is -0.152. The van der Waals surface area contributed by atoms with E-state index in [4.69, 9.17) is 0 Å². The van der Waals surface area contributed by atoms with Crippen molar-refractivity contribution in [3.8, 4) is 0 Å². The Hall–Kier alpha value is -0.960. The van der Waals surface area contributed by atoms with Gasteiger partial charge in [-0.05, 0) is 68.6 Å². The number of Topliss-reactive ketones (excluding diaryl/α,β-unsaturated/α-hetero) is 2. The lowest BCUT2D eigenvalue weighted by Crippen LogP contribution is -2.55. The Bertz CT molecular complexity index is 635. The van der Waals surface area contributed by atoms with Crippen LogP contribution >= 0.6 is 0 Å². The summed E-state index contributed by atoms with van der Waals surface area (Å²) < 4.78 is 0. The standard InChI is InChI=1S/C21H30O3/c1-13(22)21(24)11-8-18-16-5-4-14-12-15(23)6-9-19(14,2)17(16)7-10-20(18,21)3/h5,14,17-18,24H,4,6-12H2,1-3H3/t14?,17-,18-,19-,20-,21-/m0/s1. The van der Waals surface area contributed by atoms with E-state index in [9.17, 15) is 14.7 Å². The summed E-state index contributed by atoms with van der Waals surface area (Å²) in [7, 11) is 0. The average Bonchev–Trinajstić information content (AvgIpc) is 2.81. The molecule has 4 aliphatic carbocycles. The lowest BCUT2D eigenvalue weighted by atomic mass is 9.47. The molecule has 6 atom stereocenters. The normalized spacial score (nSPS) is 50.6. The molecule has 0 aromatic heterocycles. The molecule has 0 aromatic carbocycles. The van der Waals surface area contributed by atoms with E-state index < -0.39 is 5.60 Å². The molecule has 3 heteroatoms. The van der Waals surface area contributed by atoms with Gasteiger partial charge in [0.15, 0.2) is 5.78 Å². The van der Waals surface area contributed by atoms with E-state index in [-0.39, 0.29) is 16.6 Å². The van der Waals surface area contributed by atoms with Crippen molar-refractivity contribution >= 4 is 11.6 Å². The SMILES string of the molecule is CC(=O)[C@@]1(O)CC[C@H]2C3=CCC4CC(=O)CC[C@]4(C)[C@H]3CC[C@@]21C. The summed E-state index contributed by atoms with van der Waals surface area (Å²) in [5.74, 6) is 1.73. The maximum atomic E-state index is 12.2. The second kappa shape index (κ2) is 5.03. The highest BCUT2D eigenvalue weighted by Gasteiger charge is 2.64. The Labute approximate surface area is 144 Å². The number of hydrogen-bond donors (Lipinski definition) is 1. The topological polar surface area (TPSA) is 54.4 Å². The Kier molecular flexibility index (Phi) is 3.46. The van der Waals surface area contributed by atoms with E-state index in [1.165, 1.54) is 5.57 Å². The van der Waals surface area contributed by atoms with Gasteiger partial charge in [-0.3, -0.25) is 9.59 Å². The third-order valence-corrected chi connectivity index (χ3v) is 8.63. The molecule has 1 unspecified atom stereocenters. The van der Waals surface area contributed by atoms with Crippen molar-refractivity contribution < 1.29 is 14.7 Å². The molecule has 3 fully saturated rings. The molecule has 0 aromatic rings. The lowest BCUT2D eigenvalue weighted by Gasteiger charge is -2.57. The summed E-state index contributed by atoms with van der Waals surface area (Å²) in [5, 5.41) is 11.1. The van der Waals surface area contributed by atoms with Crippen molar-refractivity contribution in [2.75, 3.05) is 0 Å². The zero-order chi connectivity index (χ0) is 17.3. The second-order valence-electron chi connectivity index (χ2n) is 9.40. The summed E-state index contributed by atoms with van der Waals surface area (Å²) in [5.41, 5.74) is 0.281. The first kappa shape index (κ1) is 16.5. The van der Waals surface area contributed by atoms with Gasteiger partial charge in [-0.25, -0.2) is 0 Å². The van der Waals surface area contributed by atoms with Gasteiger partial charge < -0.3 is 5.11 Å². The molecule has 3 nitrogen and oxygen atoms in total. The molecular formula is C21H30O3. The first-order valence-corrected chi connectivity index (χ1v) is 9.67. The number of hydrogen-bond acceptors (Lipinski definition) is 3. The minimum atomic E-state index is -1.15. The van der Waals surface area contributed by atoms with Gasteiger partial charge in [-0.15, -0.1) is 0 Å². The van der Waals surface area contributed by atoms with Crippen LogP contribution in [0.5, 0.6) is 0 Å². The van der Waals surface area contributed by atoms with Crippen LogP contribution in [0.25, 0.3) is 0 Å². The monoisotopic (exact) mass is 330 g/mol. The molecule has 24 heavy (non-hydrogen) atoms. The van der Waals surface area contributed by atoms with Crippen molar-refractivity contribution in [1.29, 1.82) is 0 Å². The van der Waals surface area contributed by atoms with Gasteiger partial charge in [0.2, 0.25) is 0 Å². The highest BCUT2D eigenvalue weighted by molar-refractivity contribution is 5.86. The largest absolute Gasteiger partial charge is 0.381 e. The highest BCUT2D eigenvalue weighted by Crippen LogP contribution is 2.66. The molecule has 0 radical (unpaired) electrons. The van der Waals surface area contributed by atoms with Crippen LogP contribution in [0.2, 0.25) is 0 Å². The van der Waals surface area contributed by atoms with Gasteiger partial charge in [0.1, 0.15) is 11.4 Å². The van der Waals surface area contributed by atoms with E-state index in [0.717, 1.165) is 44.9 Å². The quantitative estimate of drug-likeness (QED) is 0.743. The zero-order valence-electron chi connectivity index (χ0n) is 15.2. The first-order chi connectivity index (χ1) is 11.2. The summed E-state index contributed by atoms with van der Waals surface area (Å²) in [6.07, 6.45) is 9.39. The Morgan fingerprint density at radius 2 is 1.88 bits per heavy atom. The van der Waals surface area contributed by atoms with Crippen LogP contribution in [-0.4, -0.2) is 22.3 Å². The highest BCUT2D eigenvalue weighted by atomic mass is 16.3. The van der Waals surface area contributed by atoms with Crippen LogP contribution in [0, 0.1) is 28.6 Å². The molecule has 0 spiro atoms. The molecule has 4 rings (SSSR count). The van der Waals surface area contributed by atoms with Gasteiger partial charge in [-0.1, -0.05) is 25.5 Å². The number of fused-ring (bicyclic) bond motifs is 5. The summed E-state index contributed by atoms with van der Waals surface area (Å²) in [4.78, 5) is 24.1. The minimum Gasteiger partial charge on any atom is -0.381 e. The van der Waals surface area contributed by atoms with Crippen LogP contribution in [0.3, 0.4) is 0 Å². The Morgan fingerprint density at radius 3 is 2.58 bits per heavy atom. The number of aliphatic hydroxyl groups is 1. The minimum absolute atomic E-state index is 0.0605. The van der Waals surface area contributed by atoms with Crippen LogP contribution in [-0.2, 0) is 9.59 Å². The molecular weight excluding hydrogens is 300 g/mol. The fraction of sp³-hybridized carbons (Fsp3) is 0.810. The van der Waals surface area contributed by atoms with Gasteiger partial charge >= 0.3 is 0 Å². The molecule has 0 amide bonds. The van der Waals surface area contributed by atoms with Gasteiger partial charge in [-0.2, -0.15) is 0 Å². The molecule has 132 valence electrons. The number of ketones is 2. The van der Waals surface area contributed by atoms with Gasteiger partial charge in [0.25, 0.3) is 0 Å². The van der Waals surface area contributed by atoms with Crippen LogP contribution in [0.15, 0.2) is 11.6 Å². The van der Waals surface area contributed by atoms with Crippen molar-refractivity contribution in [3.05, 3.63) is 11.6 Å². The zero-order valence-corrected chi connectivity index (χ0v) is 15.2. The number of carbonyl (C=O) groups excluding carboxylic acids is 2. The number of carbonyl (C=O) groups is 2. The molecule has 1 N–H and O–H groups in total. The second-order valence-corrected chi connectivity index (χ2v) is 9.40. The smallest absolute Gasteiger partial charge is 0.161 e. The van der Waals surface area contributed by atoms with Gasteiger partial charge in [0, 0.05) is 18.3 Å². The molecule has 4 aliphatic rings. The van der Waals surface area contributed by atoms with Crippen molar-refractivity contribution in [2.24, 2.45) is 28.6 Å². The predicted octanol–water partition coefficient (Wildman–Crippen LogP) is 3.84. The first-order valence-electron chi connectivity index (χ1n) is 9.67. The fourth-order valence-corrected chi connectivity index (χ4v) is 6.90. The van der Waals surface area contributed by atoms with E-state index >= 15 is 0 Å². The molecule has 0 heterocycles. The Morgan fingerprint density at radius 1 is 1.17 bits per heavy atom. The van der Waals surface area contributed by atoms with Crippen molar-refractivity contribution in [1.82, 2.24) is 0 Å². The summed E-state index contributed by atoms with van der Waals surface area (Å²) in [6.45, 7) is 6.09. The molecule has 3 saturated carbocycles. The van der Waals surface area contributed by atoms with Crippen molar-refractivity contribution in [2.45, 2.75) is 77.7 Å². The molecule has 0 aliphatic heterocycles.